The Labute approximate surface area is 326 Å². The second-order valence-electron chi connectivity index (χ2n) is 15.3. The van der Waals surface area contributed by atoms with Gasteiger partial charge in [0.1, 0.15) is 6.61 Å². The lowest BCUT2D eigenvalue weighted by molar-refractivity contribution is -0.180. The van der Waals surface area contributed by atoms with Crippen LogP contribution in [0.15, 0.2) is 24.3 Å². The Balaban J connectivity index is 0. The fourth-order valence-corrected chi connectivity index (χ4v) is 6.29. The van der Waals surface area contributed by atoms with Gasteiger partial charge in [-0.2, -0.15) is 0 Å². The molecule has 0 fully saturated rings. The molecule has 302 valence electrons. The van der Waals surface area contributed by atoms with Crippen LogP contribution in [0.2, 0.25) is 0 Å². The number of rotatable bonds is 37. The predicted molar refractivity (Wildman–Crippen MR) is 224 cm³/mol. The summed E-state index contributed by atoms with van der Waals surface area (Å²) in [7, 11) is 0. The highest BCUT2D eigenvalue weighted by Gasteiger charge is 2.46. The molecule has 0 saturated heterocycles. The van der Waals surface area contributed by atoms with Crippen LogP contribution >= 0.6 is 17.0 Å². The van der Waals surface area contributed by atoms with Crippen molar-refractivity contribution >= 4 is 28.9 Å². The first-order chi connectivity index (χ1) is 24.2. The minimum atomic E-state index is -1.17. The first kappa shape index (κ1) is 51.9. The molecule has 0 amide bonds. The normalized spacial score (nSPS) is 14.0. The molecule has 0 saturated carbocycles. The minimum absolute atomic E-state index is 0. The number of esters is 2. The molecular formula is C44H84BrNO5. The summed E-state index contributed by atoms with van der Waals surface area (Å²) < 4.78 is 11.6. The highest BCUT2D eigenvalue weighted by molar-refractivity contribution is 8.93. The summed E-state index contributed by atoms with van der Waals surface area (Å²) in [6.07, 6.45) is 42.3. The van der Waals surface area contributed by atoms with E-state index in [2.05, 4.69) is 38.2 Å². The van der Waals surface area contributed by atoms with Gasteiger partial charge in [0.2, 0.25) is 0 Å². The minimum Gasteiger partial charge on any atom is -0.461 e. The largest absolute Gasteiger partial charge is 0.461 e. The number of carbonyl (C=O) groups excluding carboxylic acids is 2. The Morgan fingerprint density at radius 3 is 1.29 bits per heavy atom. The van der Waals surface area contributed by atoms with Gasteiger partial charge in [0.05, 0.1) is 5.54 Å². The molecule has 2 atom stereocenters. The average Bonchev–Trinajstić information content (AvgIpc) is 3.09. The van der Waals surface area contributed by atoms with E-state index in [4.69, 9.17) is 15.2 Å². The molecule has 0 aromatic rings. The van der Waals surface area contributed by atoms with Gasteiger partial charge in [0.25, 0.3) is 0 Å². The Morgan fingerprint density at radius 1 is 0.549 bits per heavy atom. The van der Waals surface area contributed by atoms with E-state index in [0.29, 0.717) is 25.7 Å². The van der Waals surface area contributed by atoms with Gasteiger partial charge in [-0.3, -0.25) is 9.59 Å². The summed E-state index contributed by atoms with van der Waals surface area (Å²) in [5.41, 5.74) is 4.53. The van der Waals surface area contributed by atoms with Gasteiger partial charge in [-0.25, -0.2) is 0 Å². The van der Waals surface area contributed by atoms with Crippen LogP contribution in [0.4, 0.5) is 0 Å². The summed E-state index contributed by atoms with van der Waals surface area (Å²) in [6, 6.07) is 0. The second kappa shape index (κ2) is 37.1. The quantitative estimate of drug-likeness (QED) is 0.0370. The zero-order valence-corrected chi connectivity index (χ0v) is 35.7. The Bertz CT molecular complexity index is 845. The Kier molecular flexibility index (Phi) is 37.8. The van der Waals surface area contributed by atoms with E-state index < -0.39 is 11.1 Å². The van der Waals surface area contributed by atoms with Crippen molar-refractivity contribution in [3.63, 3.8) is 0 Å². The molecule has 0 aromatic carbocycles. The fourth-order valence-electron chi connectivity index (χ4n) is 6.29. The van der Waals surface area contributed by atoms with Gasteiger partial charge in [0.15, 0.2) is 5.60 Å². The first-order valence-electron chi connectivity index (χ1n) is 21.3. The molecular weight excluding hydrogens is 702 g/mol. The van der Waals surface area contributed by atoms with Crippen LogP contribution in [0.3, 0.4) is 0 Å². The maximum Gasteiger partial charge on any atom is 0.306 e. The van der Waals surface area contributed by atoms with Crippen molar-refractivity contribution < 1.29 is 24.2 Å². The lowest BCUT2D eigenvalue weighted by Gasteiger charge is -2.42. The van der Waals surface area contributed by atoms with Crippen LogP contribution in [0.1, 0.15) is 220 Å². The third-order valence-corrected chi connectivity index (χ3v) is 10.2. The number of allylic oxidation sites excluding steroid dienone is 4. The molecule has 0 rings (SSSR count). The zero-order chi connectivity index (χ0) is 37.0. The molecule has 6 nitrogen and oxygen atoms in total. The summed E-state index contributed by atoms with van der Waals surface area (Å²) in [5, 5.41) is 9.40. The number of unbranched alkanes of at least 4 members (excludes halogenated alkanes) is 22. The van der Waals surface area contributed by atoms with Gasteiger partial charge in [-0.15, -0.1) is 17.0 Å². The van der Waals surface area contributed by atoms with Crippen molar-refractivity contribution in [2.45, 2.75) is 231 Å². The van der Waals surface area contributed by atoms with Gasteiger partial charge in [0, 0.05) is 19.4 Å². The Hall–Kier alpha value is -1.18. The number of halogens is 1. The summed E-state index contributed by atoms with van der Waals surface area (Å²) in [6.45, 7) is 8.02. The van der Waals surface area contributed by atoms with Gasteiger partial charge in [-0.05, 0) is 90.9 Å². The number of carbonyl (C=O) groups is 2. The van der Waals surface area contributed by atoms with Crippen molar-refractivity contribution in [1.29, 1.82) is 0 Å². The van der Waals surface area contributed by atoms with E-state index in [1.165, 1.54) is 116 Å². The number of hydrogen-bond donors (Lipinski definition) is 2. The van der Waals surface area contributed by atoms with E-state index in [0.717, 1.165) is 51.4 Å². The highest BCUT2D eigenvalue weighted by Crippen LogP contribution is 2.30. The molecule has 0 bridgehead atoms. The lowest BCUT2D eigenvalue weighted by atomic mass is 9.80. The number of hydrogen-bond acceptors (Lipinski definition) is 6. The second-order valence-corrected chi connectivity index (χ2v) is 15.3. The average molecular weight is 787 g/mol. The van der Waals surface area contributed by atoms with E-state index in [-0.39, 0.29) is 42.1 Å². The van der Waals surface area contributed by atoms with Crippen LogP contribution in [0.5, 0.6) is 0 Å². The molecule has 0 aromatic heterocycles. The summed E-state index contributed by atoms with van der Waals surface area (Å²) in [5.74, 6) is -0.584. The standard InChI is InChI=1S/C44H83NO5.BrH/c1-5-7-9-11-13-15-17-19-21-23-25-27-29-31-33-36-41(47)49-40-44(4,43(3,45)38-35-39-46)50-42(48)37-34-32-30-28-26-24-22-20-18-16-14-12-10-8-6-2;/h19-22,46H,5-18,23-40,45H2,1-4H3;1H/b21-19-,22-20-;. The molecule has 0 aliphatic heterocycles. The van der Waals surface area contributed by atoms with Crippen LogP contribution < -0.4 is 5.73 Å². The fraction of sp³-hybridized carbons (Fsp3) is 0.864. The van der Waals surface area contributed by atoms with Crippen molar-refractivity contribution in [3.8, 4) is 0 Å². The molecule has 0 heterocycles. The smallest absolute Gasteiger partial charge is 0.306 e. The van der Waals surface area contributed by atoms with Crippen LogP contribution in [0.25, 0.3) is 0 Å². The maximum absolute atomic E-state index is 12.9. The monoisotopic (exact) mass is 786 g/mol. The van der Waals surface area contributed by atoms with Crippen molar-refractivity contribution in [1.82, 2.24) is 0 Å². The summed E-state index contributed by atoms with van der Waals surface area (Å²) in [4.78, 5) is 25.5. The molecule has 0 aliphatic carbocycles. The van der Waals surface area contributed by atoms with Crippen molar-refractivity contribution in [3.05, 3.63) is 24.3 Å². The molecule has 0 spiro atoms. The number of aliphatic hydroxyl groups excluding tert-OH is 1. The van der Waals surface area contributed by atoms with Crippen LogP contribution in [-0.4, -0.2) is 41.4 Å². The van der Waals surface area contributed by atoms with E-state index in [9.17, 15) is 14.7 Å². The highest BCUT2D eigenvalue weighted by atomic mass is 79.9. The number of ether oxygens (including phenoxy) is 2. The van der Waals surface area contributed by atoms with E-state index in [1.807, 2.05) is 6.92 Å². The molecule has 0 radical (unpaired) electrons. The van der Waals surface area contributed by atoms with Crippen LogP contribution in [0, 0.1) is 0 Å². The van der Waals surface area contributed by atoms with Crippen molar-refractivity contribution in [2.24, 2.45) is 5.73 Å². The number of aliphatic hydroxyl groups is 1. The first-order valence-corrected chi connectivity index (χ1v) is 21.3. The Morgan fingerprint density at radius 2 is 0.902 bits per heavy atom. The van der Waals surface area contributed by atoms with Crippen LogP contribution in [-0.2, 0) is 19.1 Å². The van der Waals surface area contributed by atoms with Gasteiger partial charge >= 0.3 is 11.9 Å². The molecule has 0 aliphatic rings. The van der Waals surface area contributed by atoms with E-state index >= 15 is 0 Å². The third kappa shape index (κ3) is 32.0. The SMILES string of the molecule is Br.CCCCCCCC/C=C\CCCCCCCC(=O)OCC(C)(OC(=O)CCCCCCC/C=C\CCCCCCCC)C(C)(N)CCCO. The summed E-state index contributed by atoms with van der Waals surface area (Å²) >= 11 is 0. The predicted octanol–water partition coefficient (Wildman–Crippen LogP) is 13.0. The molecule has 51 heavy (non-hydrogen) atoms. The molecule has 3 N–H and O–H groups in total. The number of nitrogens with two attached hydrogens (primary N) is 1. The third-order valence-electron chi connectivity index (χ3n) is 10.2. The molecule has 2 unspecified atom stereocenters. The van der Waals surface area contributed by atoms with E-state index in [1.54, 1.807) is 6.92 Å². The zero-order valence-electron chi connectivity index (χ0n) is 34.0. The van der Waals surface area contributed by atoms with Gasteiger partial charge < -0.3 is 20.3 Å². The topological polar surface area (TPSA) is 98.9 Å². The van der Waals surface area contributed by atoms with Gasteiger partial charge in [-0.1, -0.05) is 141 Å². The van der Waals surface area contributed by atoms with Crippen molar-refractivity contribution in [2.75, 3.05) is 13.2 Å². The molecule has 7 heteroatoms. The lowest BCUT2D eigenvalue weighted by Crippen LogP contribution is -2.61. The maximum atomic E-state index is 12.9.